The van der Waals surface area contributed by atoms with Gasteiger partial charge >= 0.3 is 0 Å². The second kappa shape index (κ2) is 7.18. The molecule has 0 atom stereocenters. The van der Waals surface area contributed by atoms with Gasteiger partial charge in [0.1, 0.15) is 10.6 Å². The van der Waals surface area contributed by atoms with Crippen molar-refractivity contribution in [2.24, 2.45) is 0 Å². The molecule has 3 aromatic carbocycles. The van der Waals surface area contributed by atoms with Crippen molar-refractivity contribution in [2.75, 3.05) is 0 Å². The Morgan fingerprint density at radius 2 is 1.41 bits per heavy atom. The molecule has 0 aliphatic rings. The Balaban J connectivity index is 2.19. The van der Waals surface area contributed by atoms with Crippen molar-refractivity contribution in [2.45, 2.75) is 30.6 Å². The van der Waals surface area contributed by atoms with Gasteiger partial charge in [-0.25, -0.2) is 0 Å². The summed E-state index contributed by atoms with van der Waals surface area (Å²) in [5.41, 5.74) is 2.43. The molecule has 0 saturated heterocycles. The molecule has 0 spiro atoms. The van der Waals surface area contributed by atoms with Crippen LogP contribution in [0.4, 0.5) is 0 Å². The zero-order valence-electron chi connectivity index (χ0n) is 15.3. The Morgan fingerprint density at radius 1 is 0.852 bits per heavy atom. The molecule has 140 valence electrons. The number of benzene rings is 3. The predicted molar refractivity (Wildman–Crippen MR) is 106 cm³/mol. The first-order chi connectivity index (χ1) is 12.7. The minimum absolute atomic E-state index is 0.414. The minimum Gasteiger partial charge on any atom is -0.506 e. The molecule has 0 aliphatic heterocycles. The lowest BCUT2D eigenvalue weighted by molar-refractivity contribution is 0.427. The van der Waals surface area contributed by atoms with Gasteiger partial charge in [0.25, 0.3) is 10.1 Å². The number of phenols is 1. The highest BCUT2D eigenvalue weighted by molar-refractivity contribution is 7.86. The van der Waals surface area contributed by atoms with Crippen LogP contribution in [0.5, 0.6) is 5.75 Å². The summed E-state index contributed by atoms with van der Waals surface area (Å²) in [6.45, 7) is 3.83. The van der Waals surface area contributed by atoms with Crippen molar-refractivity contribution in [3.05, 3.63) is 95.1 Å². The largest absolute Gasteiger partial charge is 0.506 e. The Hall–Kier alpha value is -2.63. The molecule has 0 unspecified atom stereocenters. The van der Waals surface area contributed by atoms with E-state index < -0.39 is 26.2 Å². The van der Waals surface area contributed by atoms with Gasteiger partial charge in [-0.05, 0) is 29.2 Å². The van der Waals surface area contributed by atoms with Crippen LogP contribution in [0.1, 0.15) is 36.1 Å². The van der Waals surface area contributed by atoms with Gasteiger partial charge in [-0.15, -0.1) is 0 Å². The Morgan fingerprint density at radius 3 is 1.96 bits per heavy atom. The minimum atomic E-state index is -4.56. The molecule has 3 rings (SSSR count). The van der Waals surface area contributed by atoms with Gasteiger partial charge in [0.05, 0.1) is 0 Å². The van der Waals surface area contributed by atoms with Crippen molar-refractivity contribution in [3.8, 4) is 5.75 Å². The van der Waals surface area contributed by atoms with Crippen molar-refractivity contribution in [1.82, 2.24) is 0 Å². The fraction of sp³-hybridized carbons (Fsp3) is 0.182. The first-order valence-electron chi connectivity index (χ1n) is 8.63. The lowest BCUT2D eigenvalue weighted by Gasteiger charge is -2.28. The molecule has 3 aromatic rings. The summed E-state index contributed by atoms with van der Waals surface area (Å²) in [6.07, 6.45) is 0.488. The van der Waals surface area contributed by atoms with Crippen molar-refractivity contribution in [1.29, 1.82) is 0 Å². The van der Waals surface area contributed by atoms with Crippen LogP contribution >= 0.6 is 0 Å². The average Bonchev–Trinajstić information content (AvgIpc) is 2.63. The number of aromatic hydroxyl groups is 1. The highest BCUT2D eigenvalue weighted by Gasteiger charge is 2.30. The second-order valence-corrected chi connectivity index (χ2v) is 8.51. The molecule has 0 amide bonds. The van der Waals surface area contributed by atoms with E-state index in [-0.39, 0.29) is 0 Å². The first kappa shape index (κ1) is 19.1. The second-order valence-electron chi connectivity index (χ2n) is 7.12. The van der Waals surface area contributed by atoms with Crippen molar-refractivity contribution >= 4 is 10.1 Å². The molecular weight excluding hydrogens is 360 g/mol. The monoisotopic (exact) mass is 382 g/mol. The zero-order valence-corrected chi connectivity index (χ0v) is 16.1. The predicted octanol–water partition coefficient (Wildman–Crippen LogP) is 4.56. The van der Waals surface area contributed by atoms with Crippen LogP contribution in [0.15, 0.2) is 77.7 Å². The maximum Gasteiger partial charge on any atom is 0.298 e. The van der Waals surface area contributed by atoms with Crippen LogP contribution in [0, 0.1) is 0 Å². The summed E-state index contributed by atoms with van der Waals surface area (Å²) in [5, 5.41) is 10.7. The molecule has 0 bridgehead atoms. The SMILES string of the molecule is CC(C)(c1ccccc1)c1cc(Cc2ccccc2)cc(S(=O)(=O)O)c1O. The van der Waals surface area contributed by atoms with E-state index >= 15 is 0 Å². The molecule has 0 saturated carbocycles. The lowest BCUT2D eigenvalue weighted by Crippen LogP contribution is -2.20. The van der Waals surface area contributed by atoms with Crippen LogP contribution in [0.3, 0.4) is 0 Å². The molecule has 5 heteroatoms. The van der Waals surface area contributed by atoms with Crippen LogP contribution in [0.2, 0.25) is 0 Å². The Kier molecular flexibility index (Phi) is 5.09. The fourth-order valence-electron chi connectivity index (χ4n) is 3.28. The smallest absolute Gasteiger partial charge is 0.298 e. The highest BCUT2D eigenvalue weighted by Crippen LogP contribution is 2.41. The van der Waals surface area contributed by atoms with Gasteiger partial charge in [0.2, 0.25) is 0 Å². The van der Waals surface area contributed by atoms with Gasteiger partial charge in [0, 0.05) is 11.0 Å². The van der Waals surface area contributed by atoms with Gasteiger partial charge in [-0.3, -0.25) is 4.55 Å². The molecule has 0 fully saturated rings. The molecule has 0 aliphatic carbocycles. The van der Waals surface area contributed by atoms with E-state index in [1.165, 1.54) is 6.07 Å². The van der Waals surface area contributed by atoms with Crippen LogP contribution < -0.4 is 0 Å². The Labute approximate surface area is 159 Å². The molecule has 0 aromatic heterocycles. The van der Waals surface area contributed by atoms with Crippen molar-refractivity contribution in [3.63, 3.8) is 0 Å². The summed E-state index contributed by atoms with van der Waals surface area (Å²) >= 11 is 0. The number of rotatable bonds is 5. The third-order valence-corrected chi connectivity index (χ3v) is 5.70. The highest BCUT2D eigenvalue weighted by atomic mass is 32.2. The molecule has 27 heavy (non-hydrogen) atoms. The van der Waals surface area contributed by atoms with Crippen LogP contribution in [0.25, 0.3) is 0 Å². The maximum absolute atomic E-state index is 11.9. The number of hydrogen-bond donors (Lipinski definition) is 2. The van der Waals surface area contributed by atoms with E-state index in [2.05, 4.69) is 0 Å². The van der Waals surface area contributed by atoms with E-state index in [1.54, 1.807) is 0 Å². The third kappa shape index (κ3) is 4.04. The topological polar surface area (TPSA) is 74.6 Å². The molecule has 4 nitrogen and oxygen atoms in total. The normalized spacial score (nSPS) is 12.1. The quantitative estimate of drug-likeness (QED) is 0.635. The van der Waals surface area contributed by atoms with E-state index in [9.17, 15) is 18.1 Å². The van der Waals surface area contributed by atoms with Crippen LogP contribution in [-0.2, 0) is 22.0 Å². The van der Waals surface area contributed by atoms with Gasteiger partial charge in [-0.1, -0.05) is 80.6 Å². The van der Waals surface area contributed by atoms with Gasteiger partial charge < -0.3 is 5.11 Å². The lowest BCUT2D eigenvalue weighted by atomic mass is 9.77. The summed E-state index contributed by atoms with van der Waals surface area (Å²) in [5.74, 6) is -0.414. The van der Waals surface area contributed by atoms with E-state index in [0.29, 0.717) is 17.5 Å². The number of phenolic OH excluding ortho intramolecular Hbond substituents is 1. The van der Waals surface area contributed by atoms with E-state index in [4.69, 9.17) is 0 Å². The summed E-state index contributed by atoms with van der Waals surface area (Å²) in [6, 6.07) is 22.3. The first-order valence-corrected chi connectivity index (χ1v) is 10.1. The van der Waals surface area contributed by atoms with Gasteiger partial charge in [-0.2, -0.15) is 8.42 Å². The third-order valence-electron chi connectivity index (χ3n) is 4.83. The molecule has 0 radical (unpaired) electrons. The van der Waals surface area contributed by atoms with Crippen molar-refractivity contribution < 1.29 is 18.1 Å². The Bertz CT molecular complexity index is 1040. The maximum atomic E-state index is 11.9. The van der Waals surface area contributed by atoms with E-state index in [1.807, 2.05) is 80.6 Å². The van der Waals surface area contributed by atoms with Gasteiger partial charge in [0.15, 0.2) is 0 Å². The summed E-state index contributed by atoms with van der Waals surface area (Å²) in [4.78, 5) is -0.463. The molecular formula is C22H22O4S. The molecule has 0 heterocycles. The average molecular weight is 382 g/mol. The standard InChI is InChI=1S/C22H22O4S/c1-22(2,18-11-7-4-8-12-18)19-14-17(13-16-9-5-3-6-10-16)15-20(21(19)23)27(24,25)26/h3-12,14-15,23H,13H2,1-2H3,(H,24,25,26). The summed E-state index contributed by atoms with van der Waals surface area (Å²) in [7, 11) is -4.56. The zero-order chi connectivity index (χ0) is 19.7. The fourth-order valence-corrected chi connectivity index (χ4v) is 3.94. The summed E-state index contributed by atoms with van der Waals surface area (Å²) < 4.78 is 33.4. The number of hydrogen-bond acceptors (Lipinski definition) is 3. The van der Waals surface area contributed by atoms with Crippen LogP contribution in [-0.4, -0.2) is 18.1 Å². The molecule has 2 N–H and O–H groups in total. The van der Waals surface area contributed by atoms with E-state index in [0.717, 1.165) is 11.1 Å².